The molecule has 2 aliphatic rings. The molecule has 0 bridgehead atoms. The predicted octanol–water partition coefficient (Wildman–Crippen LogP) is 0.853. The van der Waals surface area contributed by atoms with Gasteiger partial charge >= 0.3 is 0 Å². The van der Waals surface area contributed by atoms with Crippen molar-refractivity contribution in [3.8, 4) is 0 Å². The highest BCUT2D eigenvalue weighted by molar-refractivity contribution is 6.39. The van der Waals surface area contributed by atoms with E-state index in [1.165, 1.54) is 11.4 Å². The number of hydrazone groups is 1. The smallest absolute Gasteiger partial charge is 0.270 e. The van der Waals surface area contributed by atoms with Crippen LogP contribution in [0.5, 0.6) is 0 Å². The van der Waals surface area contributed by atoms with Crippen LogP contribution in [0.1, 0.15) is 32.6 Å². The topological polar surface area (TPSA) is 53.0 Å². The monoisotopic (exact) mass is 237 g/mol. The fourth-order valence-electron chi connectivity index (χ4n) is 2.38. The molecule has 0 aliphatic carbocycles. The highest BCUT2D eigenvalue weighted by Gasteiger charge is 2.28. The van der Waals surface area contributed by atoms with Crippen LogP contribution < -0.4 is 0 Å². The number of rotatable bonds is 1. The minimum atomic E-state index is -0.0198. The van der Waals surface area contributed by atoms with Crippen molar-refractivity contribution >= 4 is 17.5 Å². The summed E-state index contributed by atoms with van der Waals surface area (Å²) in [5, 5.41) is 5.35. The Morgan fingerprint density at radius 2 is 2.18 bits per heavy atom. The molecule has 1 saturated heterocycles. The van der Waals surface area contributed by atoms with E-state index in [0.29, 0.717) is 24.5 Å². The second-order valence-electron chi connectivity index (χ2n) is 4.96. The van der Waals surface area contributed by atoms with Crippen molar-refractivity contribution in [3.05, 3.63) is 0 Å². The van der Waals surface area contributed by atoms with Crippen molar-refractivity contribution in [1.29, 1.82) is 0 Å². The van der Waals surface area contributed by atoms with Crippen molar-refractivity contribution in [2.45, 2.75) is 32.6 Å². The third kappa shape index (κ3) is 2.65. The zero-order chi connectivity index (χ0) is 12.4. The Morgan fingerprint density at radius 1 is 1.41 bits per heavy atom. The molecule has 5 nitrogen and oxygen atoms in total. The molecule has 2 rings (SSSR count). The molecule has 2 amide bonds. The Kier molecular flexibility index (Phi) is 3.45. The highest BCUT2D eigenvalue weighted by Crippen LogP contribution is 2.17. The third-order valence-corrected chi connectivity index (χ3v) is 3.40. The van der Waals surface area contributed by atoms with Gasteiger partial charge in [0.05, 0.1) is 0 Å². The van der Waals surface area contributed by atoms with Crippen LogP contribution in [0.25, 0.3) is 0 Å². The summed E-state index contributed by atoms with van der Waals surface area (Å²) in [7, 11) is 1.60. The average molecular weight is 237 g/mol. The molecule has 5 heteroatoms. The summed E-state index contributed by atoms with van der Waals surface area (Å²) in [5.41, 5.74) is 0.529. The number of likely N-dealkylation sites (tertiary alicyclic amines) is 1. The maximum absolute atomic E-state index is 12.2. The molecule has 0 aromatic carbocycles. The molecule has 17 heavy (non-hydrogen) atoms. The lowest BCUT2D eigenvalue weighted by molar-refractivity contribution is -0.131. The van der Waals surface area contributed by atoms with Gasteiger partial charge in [0.25, 0.3) is 5.91 Å². The van der Waals surface area contributed by atoms with Gasteiger partial charge in [-0.1, -0.05) is 6.92 Å². The zero-order valence-electron chi connectivity index (χ0n) is 10.5. The molecule has 1 fully saturated rings. The van der Waals surface area contributed by atoms with Crippen molar-refractivity contribution in [1.82, 2.24) is 9.91 Å². The molecule has 0 saturated carbocycles. The molecule has 0 spiro atoms. The second-order valence-corrected chi connectivity index (χ2v) is 4.96. The lowest BCUT2D eigenvalue weighted by Crippen LogP contribution is -2.44. The van der Waals surface area contributed by atoms with Gasteiger partial charge < -0.3 is 4.90 Å². The first kappa shape index (κ1) is 12.1. The Bertz CT molecular complexity index is 365. The summed E-state index contributed by atoms with van der Waals surface area (Å²) < 4.78 is 0. The Labute approximate surface area is 101 Å². The van der Waals surface area contributed by atoms with Crippen LogP contribution in [-0.2, 0) is 9.59 Å². The number of piperidine rings is 1. The van der Waals surface area contributed by atoms with Crippen molar-refractivity contribution in [3.63, 3.8) is 0 Å². The van der Waals surface area contributed by atoms with Crippen LogP contribution in [0.15, 0.2) is 5.10 Å². The first-order valence-electron chi connectivity index (χ1n) is 6.21. The van der Waals surface area contributed by atoms with E-state index in [9.17, 15) is 9.59 Å². The third-order valence-electron chi connectivity index (χ3n) is 3.40. The first-order chi connectivity index (χ1) is 8.08. The fourth-order valence-corrected chi connectivity index (χ4v) is 2.38. The normalized spacial score (nSPS) is 25.9. The number of hydrogen-bond acceptors (Lipinski definition) is 3. The van der Waals surface area contributed by atoms with E-state index >= 15 is 0 Å². The number of carbonyl (C=O) groups is 2. The molecule has 2 heterocycles. The van der Waals surface area contributed by atoms with E-state index < -0.39 is 0 Å². The second kappa shape index (κ2) is 4.85. The fraction of sp³-hybridized carbons (Fsp3) is 0.750. The predicted molar refractivity (Wildman–Crippen MR) is 64.4 cm³/mol. The summed E-state index contributed by atoms with van der Waals surface area (Å²) in [6.45, 7) is 3.80. The van der Waals surface area contributed by atoms with E-state index in [4.69, 9.17) is 0 Å². The standard InChI is InChI=1S/C12H19N3O2/c1-9-4-3-7-15(8-9)12(17)10-5-6-11(16)14(2)13-10/h9H,3-8H2,1-2H3. The minimum absolute atomic E-state index is 0.0101. The van der Waals surface area contributed by atoms with Gasteiger partial charge in [0.2, 0.25) is 5.91 Å². The van der Waals surface area contributed by atoms with E-state index in [1.807, 2.05) is 4.90 Å². The molecule has 0 radical (unpaired) electrons. The van der Waals surface area contributed by atoms with Gasteiger partial charge in [0.1, 0.15) is 5.71 Å². The minimum Gasteiger partial charge on any atom is -0.337 e. The van der Waals surface area contributed by atoms with Gasteiger partial charge in [0.15, 0.2) is 0 Å². The summed E-state index contributed by atoms with van der Waals surface area (Å²) in [6, 6.07) is 0. The number of carbonyl (C=O) groups excluding carboxylic acids is 2. The molecule has 2 aliphatic heterocycles. The van der Waals surface area contributed by atoms with Gasteiger partial charge in [-0.2, -0.15) is 5.10 Å². The SMILES string of the molecule is CC1CCCN(C(=O)C2=NN(C)C(=O)CC2)C1. The lowest BCUT2D eigenvalue weighted by Gasteiger charge is -2.32. The van der Waals surface area contributed by atoms with Gasteiger partial charge in [-0.25, -0.2) is 5.01 Å². The number of nitrogens with zero attached hydrogens (tertiary/aromatic N) is 3. The molecule has 1 unspecified atom stereocenters. The van der Waals surface area contributed by atoms with Crippen molar-refractivity contribution in [2.24, 2.45) is 11.0 Å². The van der Waals surface area contributed by atoms with Gasteiger partial charge in [-0.3, -0.25) is 9.59 Å². The quantitative estimate of drug-likeness (QED) is 0.679. The molecule has 0 aromatic heterocycles. The molecular weight excluding hydrogens is 218 g/mol. The number of hydrogen-bond donors (Lipinski definition) is 0. The van der Waals surface area contributed by atoms with Crippen LogP contribution >= 0.6 is 0 Å². The van der Waals surface area contributed by atoms with Crippen molar-refractivity contribution < 1.29 is 9.59 Å². The molecule has 0 aromatic rings. The van der Waals surface area contributed by atoms with Gasteiger partial charge in [0, 0.05) is 33.0 Å². The van der Waals surface area contributed by atoms with Crippen LogP contribution in [0, 0.1) is 5.92 Å². The van der Waals surface area contributed by atoms with Crippen LogP contribution in [-0.4, -0.2) is 47.6 Å². The van der Waals surface area contributed by atoms with E-state index in [0.717, 1.165) is 19.5 Å². The largest absolute Gasteiger partial charge is 0.337 e. The highest BCUT2D eigenvalue weighted by atomic mass is 16.2. The average Bonchev–Trinajstić information content (AvgIpc) is 2.32. The summed E-state index contributed by atoms with van der Waals surface area (Å²) in [4.78, 5) is 25.4. The lowest BCUT2D eigenvalue weighted by atomic mass is 9.99. The summed E-state index contributed by atoms with van der Waals surface area (Å²) in [6.07, 6.45) is 3.13. The number of amides is 2. The summed E-state index contributed by atoms with van der Waals surface area (Å²) >= 11 is 0. The molecule has 1 atom stereocenters. The Balaban J connectivity index is 2.04. The molecule has 94 valence electrons. The van der Waals surface area contributed by atoms with E-state index in [2.05, 4.69) is 12.0 Å². The van der Waals surface area contributed by atoms with Gasteiger partial charge in [-0.05, 0) is 18.8 Å². The van der Waals surface area contributed by atoms with Crippen LogP contribution in [0.3, 0.4) is 0 Å². The van der Waals surface area contributed by atoms with Crippen molar-refractivity contribution in [2.75, 3.05) is 20.1 Å². The van der Waals surface area contributed by atoms with Crippen LogP contribution in [0.2, 0.25) is 0 Å². The van der Waals surface area contributed by atoms with E-state index in [-0.39, 0.29) is 11.8 Å². The van der Waals surface area contributed by atoms with Crippen LogP contribution in [0.4, 0.5) is 0 Å². The first-order valence-corrected chi connectivity index (χ1v) is 6.21. The van der Waals surface area contributed by atoms with Gasteiger partial charge in [-0.15, -0.1) is 0 Å². The van der Waals surface area contributed by atoms with E-state index in [1.54, 1.807) is 7.05 Å². The molecular formula is C12H19N3O2. The Morgan fingerprint density at radius 3 is 2.82 bits per heavy atom. The Hall–Kier alpha value is -1.39. The summed E-state index contributed by atoms with van der Waals surface area (Å²) in [5.74, 6) is 0.556. The zero-order valence-corrected chi connectivity index (χ0v) is 10.5. The maximum atomic E-state index is 12.2. The molecule has 0 N–H and O–H groups in total. The maximum Gasteiger partial charge on any atom is 0.270 e.